The maximum Gasteiger partial charge on any atom is 0.322 e. The number of urea groups is 1. The van der Waals surface area contributed by atoms with Crippen molar-refractivity contribution < 1.29 is 18.7 Å². The van der Waals surface area contributed by atoms with E-state index in [4.69, 9.17) is 14.4 Å². The van der Waals surface area contributed by atoms with Crippen LogP contribution in [0.2, 0.25) is 0 Å². The van der Waals surface area contributed by atoms with Gasteiger partial charge in [0.2, 0.25) is 5.91 Å². The van der Waals surface area contributed by atoms with E-state index < -0.39 is 6.03 Å². The maximum absolute atomic E-state index is 13.4. The number of hydrogen-bond donors (Lipinski definition) is 1. The van der Waals surface area contributed by atoms with Gasteiger partial charge in [0.15, 0.2) is 0 Å². The Morgan fingerprint density at radius 1 is 1.00 bits per heavy atom. The molecule has 0 unspecified atom stereocenters. The monoisotopic (exact) mass is 460 g/mol. The molecule has 0 aliphatic heterocycles. The Hall–Kier alpha value is -4.09. The predicted octanol–water partition coefficient (Wildman–Crippen LogP) is 4.17. The minimum absolute atomic E-state index is 0.127. The van der Waals surface area contributed by atoms with Crippen molar-refractivity contribution in [3.8, 4) is 6.07 Å². The average molecular weight is 461 g/mol. The summed E-state index contributed by atoms with van der Waals surface area (Å²) in [6.07, 6.45) is 0. The third kappa shape index (κ3) is 7.22. The summed E-state index contributed by atoms with van der Waals surface area (Å²) in [7, 11) is 1.54. The molecule has 176 valence electrons. The lowest BCUT2D eigenvalue weighted by atomic mass is 10.2. The van der Waals surface area contributed by atoms with Gasteiger partial charge in [0.05, 0.1) is 24.8 Å². The maximum atomic E-state index is 13.4. The fraction of sp³-hybridized carbons (Fsp3) is 0.269. The van der Waals surface area contributed by atoms with E-state index in [1.807, 2.05) is 55.5 Å². The molecule has 8 heteroatoms. The molecule has 0 spiro atoms. The quantitative estimate of drug-likeness (QED) is 0.490. The van der Waals surface area contributed by atoms with Gasteiger partial charge in [-0.3, -0.25) is 4.79 Å². The summed E-state index contributed by atoms with van der Waals surface area (Å²) in [5.41, 5.74) is 2.00. The first-order chi connectivity index (χ1) is 16.5. The summed E-state index contributed by atoms with van der Waals surface area (Å²) in [6.45, 7) is 2.92. The smallest absolute Gasteiger partial charge is 0.322 e. The Morgan fingerprint density at radius 3 is 2.35 bits per heavy atom. The number of hydrogen-bond acceptors (Lipinski definition) is 5. The minimum Gasteiger partial charge on any atom is -0.464 e. The number of rotatable bonds is 10. The number of anilines is 1. The van der Waals surface area contributed by atoms with E-state index in [0.717, 1.165) is 11.3 Å². The van der Waals surface area contributed by atoms with Crippen molar-refractivity contribution in [2.24, 2.45) is 0 Å². The summed E-state index contributed by atoms with van der Waals surface area (Å²) in [5, 5.41) is 11.7. The highest BCUT2D eigenvalue weighted by atomic mass is 16.5. The molecule has 8 nitrogen and oxygen atoms in total. The Kier molecular flexibility index (Phi) is 8.83. The number of methoxy groups -OCH3 is 1. The van der Waals surface area contributed by atoms with Gasteiger partial charge in [-0.05, 0) is 48.9 Å². The van der Waals surface area contributed by atoms with Crippen LogP contribution in [-0.4, -0.2) is 48.5 Å². The number of nitriles is 1. The van der Waals surface area contributed by atoms with Gasteiger partial charge in [0.1, 0.15) is 18.1 Å². The van der Waals surface area contributed by atoms with Crippen molar-refractivity contribution in [3.05, 3.63) is 89.4 Å². The fourth-order valence-corrected chi connectivity index (χ4v) is 3.34. The fourth-order valence-electron chi connectivity index (χ4n) is 3.34. The van der Waals surface area contributed by atoms with Crippen LogP contribution in [0.3, 0.4) is 0 Å². The van der Waals surface area contributed by atoms with Crippen LogP contribution in [0.25, 0.3) is 0 Å². The van der Waals surface area contributed by atoms with Crippen LogP contribution in [0.4, 0.5) is 10.5 Å². The molecule has 0 aliphatic carbocycles. The molecule has 1 heterocycles. The Bertz CT molecular complexity index is 1120. The van der Waals surface area contributed by atoms with Crippen LogP contribution in [0.15, 0.2) is 71.1 Å². The van der Waals surface area contributed by atoms with Crippen LogP contribution < -0.4 is 5.32 Å². The molecular formula is C26H28N4O4. The molecule has 1 aromatic heterocycles. The number of furan rings is 1. The molecule has 3 amide bonds. The zero-order valence-electron chi connectivity index (χ0n) is 19.4. The highest BCUT2D eigenvalue weighted by molar-refractivity contribution is 5.92. The van der Waals surface area contributed by atoms with Crippen molar-refractivity contribution in [2.45, 2.75) is 20.0 Å². The molecule has 0 saturated heterocycles. The zero-order chi connectivity index (χ0) is 24.3. The highest BCUT2D eigenvalue weighted by Crippen LogP contribution is 2.15. The third-order valence-corrected chi connectivity index (χ3v) is 5.16. The van der Waals surface area contributed by atoms with Crippen molar-refractivity contribution in [1.82, 2.24) is 9.80 Å². The second-order valence-electron chi connectivity index (χ2n) is 7.78. The van der Waals surface area contributed by atoms with Gasteiger partial charge in [-0.15, -0.1) is 0 Å². The van der Waals surface area contributed by atoms with Crippen molar-refractivity contribution in [1.29, 1.82) is 5.26 Å². The predicted molar refractivity (Wildman–Crippen MR) is 128 cm³/mol. The van der Waals surface area contributed by atoms with Crippen molar-refractivity contribution in [3.63, 3.8) is 0 Å². The molecule has 0 radical (unpaired) electrons. The molecule has 3 aromatic rings. The van der Waals surface area contributed by atoms with Crippen LogP contribution >= 0.6 is 0 Å². The summed E-state index contributed by atoms with van der Waals surface area (Å²) >= 11 is 0. The van der Waals surface area contributed by atoms with Gasteiger partial charge >= 0.3 is 6.03 Å². The molecule has 34 heavy (non-hydrogen) atoms. The minimum atomic E-state index is -0.427. The van der Waals surface area contributed by atoms with Gasteiger partial charge in [-0.25, -0.2) is 4.79 Å². The van der Waals surface area contributed by atoms with Crippen LogP contribution in [0.1, 0.15) is 22.6 Å². The standard InChI is InChI=1S/C26H28N4O4/c1-20-8-13-24(34-20)18-30(17-22-6-4-3-5-7-22)25(31)19-29(14-15-33-2)26(32)28-23-11-9-21(16-27)10-12-23/h3-13H,14-15,17-19H2,1-2H3,(H,28,32). The van der Waals surface area contributed by atoms with Gasteiger partial charge in [-0.2, -0.15) is 5.26 Å². The number of ether oxygens (including phenoxy) is 1. The van der Waals surface area contributed by atoms with Gasteiger partial charge < -0.3 is 24.3 Å². The molecule has 0 aliphatic rings. The van der Waals surface area contributed by atoms with E-state index in [2.05, 4.69) is 5.32 Å². The molecular weight excluding hydrogens is 432 g/mol. The Balaban J connectivity index is 1.74. The first-order valence-electron chi connectivity index (χ1n) is 10.9. The number of amides is 3. The Morgan fingerprint density at radius 2 is 1.74 bits per heavy atom. The van der Waals surface area contributed by atoms with E-state index in [0.29, 0.717) is 23.6 Å². The normalized spacial score (nSPS) is 10.4. The molecule has 0 fully saturated rings. The molecule has 2 aromatic carbocycles. The van der Waals surface area contributed by atoms with E-state index >= 15 is 0 Å². The number of carbonyl (C=O) groups excluding carboxylic acids is 2. The second kappa shape index (κ2) is 12.2. The van der Waals surface area contributed by atoms with Crippen LogP contribution in [0, 0.1) is 18.3 Å². The Labute approximate surface area is 199 Å². The van der Waals surface area contributed by atoms with Crippen LogP contribution in [0.5, 0.6) is 0 Å². The van der Waals surface area contributed by atoms with Crippen molar-refractivity contribution >= 4 is 17.6 Å². The van der Waals surface area contributed by atoms with Gasteiger partial charge in [-0.1, -0.05) is 30.3 Å². The molecule has 3 rings (SSSR count). The summed E-state index contributed by atoms with van der Waals surface area (Å²) in [4.78, 5) is 29.4. The summed E-state index contributed by atoms with van der Waals surface area (Å²) in [5.74, 6) is 1.22. The lowest BCUT2D eigenvalue weighted by Gasteiger charge is -2.27. The van der Waals surface area contributed by atoms with E-state index in [1.165, 1.54) is 4.90 Å². The summed E-state index contributed by atoms with van der Waals surface area (Å²) in [6, 6.07) is 21.5. The second-order valence-corrected chi connectivity index (χ2v) is 7.78. The molecule has 0 atom stereocenters. The van der Waals surface area contributed by atoms with Gasteiger partial charge in [0, 0.05) is 25.9 Å². The highest BCUT2D eigenvalue weighted by Gasteiger charge is 2.23. The van der Waals surface area contributed by atoms with E-state index in [9.17, 15) is 9.59 Å². The molecule has 1 N–H and O–H groups in total. The first kappa shape index (κ1) is 24.6. The zero-order valence-corrected chi connectivity index (χ0v) is 19.4. The summed E-state index contributed by atoms with van der Waals surface area (Å²) < 4.78 is 10.8. The van der Waals surface area contributed by atoms with Crippen molar-refractivity contribution in [2.75, 3.05) is 32.1 Å². The first-order valence-corrected chi connectivity index (χ1v) is 10.9. The largest absolute Gasteiger partial charge is 0.464 e. The third-order valence-electron chi connectivity index (χ3n) is 5.16. The molecule has 0 bridgehead atoms. The lowest BCUT2D eigenvalue weighted by Crippen LogP contribution is -2.45. The number of aryl methyl sites for hydroxylation is 1. The van der Waals surface area contributed by atoms with E-state index in [-0.39, 0.29) is 32.1 Å². The van der Waals surface area contributed by atoms with E-state index in [1.54, 1.807) is 36.3 Å². The lowest BCUT2D eigenvalue weighted by molar-refractivity contribution is -0.133. The number of carbonyl (C=O) groups is 2. The number of benzene rings is 2. The number of nitrogens with one attached hydrogen (secondary N) is 1. The SMILES string of the molecule is COCCN(CC(=O)N(Cc1ccccc1)Cc1ccc(C)o1)C(=O)Nc1ccc(C#N)cc1. The van der Waals surface area contributed by atoms with Crippen LogP contribution in [-0.2, 0) is 22.6 Å². The van der Waals surface area contributed by atoms with Gasteiger partial charge in [0.25, 0.3) is 0 Å². The number of nitrogens with zero attached hydrogens (tertiary/aromatic N) is 3. The molecule has 0 saturated carbocycles. The topological polar surface area (TPSA) is 98.8 Å². The average Bonchev–Trinajstić information content (AvgIpc) is 3.26.